The van der Waals surface area contributed by atoms with Crippen LogP contribution in [0.15, 0.2) is 66.9 Å². The highest BCUT2D eigenvalue weighted by molar-refractivity contribution is 7.21. The number of thiazole rings is 1. The largest absolute Gasteiger partial charge is 0.338 e. The van der Waals surface area contributed by atoms with Crippen LogP contribution >= 0.6 is 11.3 Å². The zero-order valence-corrected chi connectivity index (χ0v) is 17.4. The van der Waals surface area contributed by atoms with Crippen molar-refractivity contribution < 1.29 is 4.79 Å². The number of carbonyl (C=O) groups excluding carboxylic acids is 1. The molecule has 0 unspecified atom stereocenters. The number of aryl methyl sites for hydroxylation is 1. The normalized spacial score (nSPS) is 16.3. The van der Waals surface area contributed by atoms with Crippen molar-refractivity contribution in [1.82, 2.24) is 15.0 Å². The fourth-order valence-corrected chi connectivity index (χ4v) is 4.97. The number of anilines is 1. The molecule has 4 aromatic rings. The van der Waals surface area contributed by atoms with Gasteiger partial charge in [-0.15, -0.1) is 0 Å². The minimum absolute atomic E-state index is 0.0946. The van der Waals surface area contributed by atoms with Gasteiger partial charge in [0.25, 0.3) is 0 Å². The third-order valence-corrected chi connectivity index (χ3v) is 6.53. The zero-order chi connectivity index (χ0) is 20.3. The fraction of sp³-hybridized carbons (Fsp3) is 0.250. The molecular weight excluding hydrogens is 392 g/mol. The van der Waals surface area contributed by atoms with Crippen LogP contribution in [0.25, 0.3) is 21.7 Å². The van der Waals surface area contributed by atoms with E-state index in [4.69, 9.17) is 9.97 Å². The summed E-state index contributed by atoms with van der Waals surface area (Å²) in [6, 6.07) is 20.1. The molecule has 0 bridgehead atoms. The lowest BCUT2D eigenvalue weighted by molar-refractivity contribution is -0.120. The Bertz CT molecular complexity index is 1160. The first-order chi connectivity index (χ1) is 14.8. The van der Waals surface area contributed by atoms with Crippen molar-refractivity contribution in [1.29, 1.82) is 0 Å². The van der Waals surface area contributed by atoms with Crippen LogP contribution in [0.1, 0.15) is 24.8 Å². The third kappa shape index (κ3) is 3.83. The Morgan fingerprint density at radius 2 is 1.80 bits per heavy atom. The average molecular weight is 415 g/mol. The van der Waals surface area contributed by atoms with Gasteiger partial charge in [0.1, 0.15) is 0 Å². The van der Waals surface area contributed by atoms with Crippen LogP contribution in [-0.4, -0.2) is 33.3 Å². The molecule has 0 saturated carbocycles. The van der Waals surface area contributed by atoms with Gasteiger partial charge in [0.2, 0.25) is 0 Å². The Balaban J connectivity index is 1.35. The monoisotopic (exact) mass is 414 g/mol. The molecule has 5 rings (SSSR count). The van der Waals surface area contributed by atoms with Crippen LogP contribution in [0.4, 0.5) is 5.13 Å². The van der Waals surface area contributed by atoms with Crippen molar-refractivity contribution in [2.45, 2.75) is 31.7 Å². The summed E-state index contributed by atoms with van der Waals surface area (Å²) in [5, 5.41) is 0.853. The van der Waals surface area contributed by atoms with Crippen LogP contribution < -0.4 is 4.90 Å². The lowest BCUT2D eigenvalue weighted by Gasteiger charge is -2.22. The third-order valence-electron chi connectivity index (χ3n) is 5.55. The molecule has 0 amide bonds. The highest BCUT2D eigenvalue weighted by Crippen LogP contribution is 2.33. The molecule has 0 N–H and O–H groups in total. The first kappa shape index (κ1) is 18.9. The predicted molar refractivity (Wildman–Crippen MR) is 121 cm³/mol. The predicted octanol–water partition coefficient (Wildman–Crippen LogP) is 4.92. The van der Waals surface area contributed by atoms with E-state index in [2.05, 4.69) is 22.0 Å². The van der Waals surface area contributed by atoms with E-state index in [0.717, 1.165) is 47.0 Å². The molecule has 0 radical (unpaired) electrons. The Labute approximate surface area is 179 Å². The Morgan fingerprint density at radius 1 is 1.03 bits per heavy atom. The number of hydrogen-bond acceptors (Lipinski definition) is 6. The molecule has 6 heteroatoms. The SMILES string of the molecule is O=C(CCc1ccccc1)[C@H]1CCCN1c1nc2ncc(-c3ccccc3)nc2s1. The van der Waals surface area contributed by atoms with E-state index in [1.54, 1.807) is 6.20 Å². The molecule has 1 atom stereocenters. The van der Waals surface area contributed by atoms with Crippen molar-refractivity contribution in [2.24, 2.45) is 0 Å². The number of Topliss-reactive ketones (excluding diaryl/α,β-unsaturated/α-hetero) is 1. The van der Waals surface area contributed by atoms with Gasteiger partial charge in [-0.2, -0.15) is 4.98 Å². The van der Waals surface area contributed by atoms with E-state index in [9.17, 15) is 4.79 Å². The molecule has 0 aliphatic carbocycles. The van der Waals surface area contributed by atoms with Crippen molar-refractivity contribution in [2.75, 3.05) is 11.4 Å². The standard InChI is InChI=1S/C24H22N4OS/c29-21(14-13-17-8-3-1-4-9-17)20-12-7-15-28(20)24-27-22-23(30-24)26-19(16-25-22)18-10-5-2-6-11-18/h1-6,8-11,16,20H,7,12-15H2/t20-/m1/s1. The second-order valence-electron chi connectivity index (χ2n) is 7.55. The molecular formula is C24H22N4OS. The number of aromatic nitrogens is 3. The topological polar surface area (TPSA) is 59.0 Å². The maximum absolute atomic E-state index is 13.0. The van der Waals surface area contributed by atoms with Crippen LogP contribution in [0, 0.1) is 0 Å². The molecule has 0 spiro atoms. The Kier molecular flexibility index (Phi) is 5.24. The lowest BCUT2D eigenvalue weighted by atomic mass is 10.0. The number of carbonyl (C=O) groups is 1. The summed E-state index contributed by atoms with van der Waals surface area (Å²) < 4.78 is 0. The van der Waals surface area contributed by atoms with Crippen molar-refractivity contribution in [3.8, 4) is 11.3 Å². The smallest absolute Gasteiger partial charge is 0.191 e. The van der Waals surface area contributed by atoms with E-state index in [-0.39, 0.29) is 6.04 Å². The fourth-order valence-electron chi connectivity index (χ4n) is 3.99. The van der Waals surface area contributed by atoms with Crippen LogP contribution in [0.5, 0.6) is 0 Å². The number of benzene rings is 2. The van der Waals surface area contributed by atoms with Crippen molar-refractivity contribution in [3.05, 3.63) is 72.4 Å². The Morgan fingerprint density at radius 3 is 2.60 bits per heavy atom. The molecule has 1 saturated heterocycles. The molecule has 150 valence electrons. The second kappa shape index (κ2) is 8.32. The highest BCUT2D eigenvalue weighted by atomic mass is 32.1. The van der Waals surface area contributed by atoms with Crippen LogP contribution in [0.3, 0.4) is 0 Å². The van der Waals surface area contributed by atoms with Crippen LogP contribution in [-0.2, 0) is 11.2 Å². The van der Waals surface area contributed by atoms with E-state index in [0.29, 0.717) is 17.9 Å². The highest BCUT2D eigenvalue weighted by Gasteiger charge is 2.32. The minimum atomic E-state index is -0.0946. The van der Waals surface area contributed by atoms with E-state index < -0.39 is 0 Å². The van der Waals surface area contributed by atoms with E-state index >= 15 is 0 Å². The van der Waals surface area contributed by atoms with Gasteiger partial charge in [-0.05, 0) is 24.8 Å². The van der Waals surface area contributed by atoms with Crippen molar-refractivity contribution >= 4 is 32.7 Å². The van der Waals surface area contributed by atoms with Gasteiger partial charge in [0, 0.05) is 18.5 Å². The molecule has 1 aliphatic rings. The van der Waals surface area contributed by atoms with E-state index in [1.807, 2.05) is 48.5 Å². The van der Waals surface area contributed by atoms with Gasteiger partial charge in [-0.3, -0.25) is 4.79 Å². The summed E-state index contributed by atoms with van der Waals surface area (Å²) in [5.41, 5.74) is 3.74. The first-order valence-electron chi connectivity index (χ1n) is 10.3. The second-order valence-corrected chi connectivity index (χ2v) is 8.51. The summed E-state index contributed by atoms with van der Waals surface area (Å²) in [4.78, 5) is 29.9. The maximum atomic E-state index is 13.0. The van der Waals surface area contributed by atoms with E-state index in [1.165, 1.54) is 16.9 Å². The molecule has 5 nitrogen and oxygen atoms in total. The van der Waals surface area contributed by atoms with Crippen LogP contribution in [0.2, 0.25) is 0 Å². The number of nitrogens with zero attached hydrogens (tertiary/aromatic N) is 4. The number of fused-ring (bicyclic) bond motifs is 1. The molecule has 2 aromatic carbocycles. The first-order valence-corrected chi connectivity index (χ1v) is 11.1. The summed E-state index contributed by atoms with van der Waals surface area (Å²) in [6.45, 7) is 0.854. The average Bonchev–Trinajstić information content (AvgIpc) is 3.45. The quantitative estimate of drug-likeness (QED) is 0.448. The molecule has 1 fully saturated rings. The number of hydrogen-bond donors (Lipinski definition) is 0. The van der Waals surface area contributed by atoms with Gasteiger partial charge < -0.3 is 4.90 Å². The summed E-state index contributed by atoms with van der Waals surface area (Å²) >= 11 is 1.53. The molecule has 2 aromatic heterocycles. The van der Waals surface area contributed by atoms with Gasteiger partial charge in [-0.1, -0.05) is 72.0 Å². The minimum Gasteiger partial charge on any atom is -0.338 e. The summed E-state index contributed by atoms with van der Waals surface area (Å²) in [5.74, 6) is 0.293. The van der Waals surface area contributed by atoms with Gasteiger partial charge in [0.15, 0.2) is 21.4 Å². The van der Waals surface area contributed by atoms with Crippen molar-refractivity contribution in [3.63, 3.8) is 0 Å². The number of ketones is 1. The summed E-state index contributed by atoms with van der Waals surface area (Å²) in [7, 11) is 0. The summed E-state index contributed by atoms with van der Waals surface area (Å²) in [6.07, 6.45) is 5.01. The number of rotatable bonds is 6. The maximum Gasteiger partial charge on any atom is 0.191 e. The van der Waals surface area contributed by atoms with Gasteiger partial charge >= 0.3 is 0 Å². The Hall–Kier alpha value is -3.12. The van der Waals surface area contributed by atoms with Gasteiger partial charge in [-0.25, -0.2) is 9.97 Å². The molecule has 1 aliphatic heterocycles. The molecule has 3 heterocycles. The zero-order valence-electron chi connectivity index (χ0n) is 16.6. The van der Waals surface area contributed by atoms with Gasteiger partial charge in [0.05, 0.1) is 17.9 Å². The molecule has 30 heavy (non-hydrogen) atoms. The lowest BCUT2D eigenvalue weighted by Crippen LogP contribution is -2.36.